The third kappa shape index (κ3) is 3.86. The number of nitrogens with zero attached hydrogens (tertiary/aromatic N) is 1. The van der Waals surface area contributed by atoms with Gasteiger partial charge in [0.25, 0.3) is 5.91 Å². The first-order valence-corrected chi connectivity index (χ1v) is 8.30. The Morgan fingerprint density at radius 1 is 1.00 bits per heavy atom. The molecule has 5 heteroatoms. The van der Waals surface area contributed by atoms with E-state index in [4.69, 9.17) is 16.3 Å². The number of fused-ring (bicyclic) bond motifs is 1. The molecule has 0 aliphatic heterocycles. The van der Waals surface area contributed by atoms with Crippen LogP contribution in [0.2, 0.25) is 5.02 Å². The van der Waals surface area contributed by atoms with Crippen molar-refractivity contribution in [3.8, 4) is 5.75 Å². The van der Waals surface area contributed by atoms with Gasteiger partial charge >= 0.3 is 0 Å². The summed E-state index contributed by atoms with van der Waals surface area (Å²) in [6.07, 6.45) is 0. The van der Waals surface area contributed by atoms with Crippen molar-refractivity contribution < 1.29 is 9.53 Å². The first kappa shape index (κ1) is 17.1. The number of hydrogen-bond donors (Lipinski definition) is 1. The number of carbonyl (C=O) groups is 1. The molecule has 0 spiro atoms. The number of ether oxygens (including phenoxy) is 1. The molecule has 128 valence electrons. The lowest BCUT2D eigenvalue weighted by Crippen LogP contribution is -2.20. The van der Waals surface area contributed by atoms with Gasteiger partial charge < -0.3 is 15.0 Å². The maximum absolute atomic E-state index is 12.3. The number of rotatable bonds is 5. The minimum Gasteiger partial charge on any atom is -0.482 e. The minimum absolute atomic E-state index is 0.104. The Balaban J connectivity index is 1.78. The zero-order chi connectivity index (χ0) is 17.8. The average molecular weight is 355 g/mol. The van der Waals surface area contributed by atoms with Crippen LogP contribution in [0, 0.1) is 0 Å². The summed E-state index contributed by atoms with van der Waals surface area (Å²) in [6, 6.07) is 19.0. The fourth-order valence-electron chi connectivity index (χ4n) is 2.67. The van der Waals surface area contributed by atoms with Gasteiger partial charge in [-0.15, -0.1) is 0 Å². The number of amides is 1. The van der Waals surface area contributed by atoms with E-state index < -0.39 is 0 Å². The van der Waals surface area contributed by atoms with Gasteiger partial charge in [0.1, 0.15) is 5.75 Å². The highest BCUT2D eigenvalue weighted by Crippen LogP contribution is 2.31. The van der Waals surface area contributed by atoms with Crippen molar-refractivity contribution in [2.45, 2.75) is 0 Å². The molecule has 0 aliphatic rings. The third-order valence-corrected chi connectivity index (χ3v) is 4.16. The summed E-state index contributed by atoms with van der Waals surface area (Å²) < 4.78 is 5.49. The molecule has 0 atom stereocenters. The van der Waals surface area contributed by atoms with Crippen molar-refractivity contribution in [1.29, 1.82) is 0 Å². The highest BCUT2D eigenvalue weighted by atomic mass is 35.5. The van der Waals surface area contributed by atoms with Gasteiger partial charge in [-0.1, -0.05) is 48.0 Å². The third-order valence-electron chi connectivity index (χ3n) is 3.85. The molecule has 3 aromatic rings. The lowest BCUT2D eigenvalue weighted by Gasteiger charge is -2.18. The Morgan fingerprint density at radius 2 is 1.68 bits per heavy atom. The van der Waals surface area contributed by atoms with Gasteiger partial charge in [0, 0.05) is 36.2 Å². The summed E-state index contributed by atoms with van der Waals surface area (Å²) in [5, 5.41) is 5.46. The van der Waals surface area contributed by atoms with E-state index in [2.05, 4.69) is 10.2 Å². The molecule has 1 N–H and O–H groups in total. The molecule has 0 saturated heterocycles. The summed E-state index contributed by atoms with van der Waals surface area (Å²) in [4.78, 5) is 14.3. The van der Waals surface area contributed by atoms with E-state index in [1.807, 2.05) is 62.6 Å². The number of anilines is 2. The molecular formula is C20H19ClN2O2. The molecule has 3 aromatic carbocycles. The Bertz CT molecular complexity index is 909. The number of halogens is 1. The van der Waals surface area contributed by atoms with Crippen molar-refractivity contribution >= 4 is 39.7 Å². The predicted molar refractivity (Wildman–Crippen MR) is 104 cm³/mol. The quantitative estimate of drug-likeness (QED) is 0.729. The summed E-state index contributed by atoms with van der Waals surface area (Å²) in [6.45, 7) is -0.104. The van der Waals surface area contributed by atoms with Crippen LogP contribution in [0.3, 0.4) is 0 Å². The van der Waals surface area contributed by atoms with Crippen LogP contribution < -0.4 is 15.0 Å². The predicted octanol–water partition coefficient (Wildman–Crippen LogP) is 4.58. The van der Waals surface area contributed by atoms with Crippen LogP contribution in [0.25, 0.3) is 10.8 Å². The van der Waals surface area contributed by atoms with Crippen molar-refractivity contribution in [3.63, 3.8) is 0 Å². The topological polar surface area (TPSA) is 41.6 Å². The van der Waals surface area contributed by atoms with E-state index in [1.54, 1.807) is 12.1 Å². The molecule has 0 aliphatic carbocycles. The van der Waals surface area contributed by atoms with E-state index >= 15 is 0 Å². The molecule has 1 amide bonds. The Morgan fingerprint density at radius 3 is 2.40 bits per heavy atom. The zero-order valence-corrected chi connectivity index (χ0v) is 14.9. The number of carbonyl (C=O) groups excluding carboxylic acids is 1. The minimum atomic E-state index is -0.234. The lowest BCUT2D eigenvalue weighted by atomic mass is 10.1. The van der Waals surface area contributed by atoms with Gasteiger partial charge in [0.2, 0.25) is 0 Å². The van der Waals surface area contributed by atoms with Crippen LogP contribution in [0.5, 0.6) is 5.75 Å². The fraction of sp³-hybridized carbons (Fsp3) is 0.150. The largest absolute Gasteiger partial charge is 0.482 e. The van der Waals surface area contributed by atoms with Crippen molar-refractivity contribution in [2.75, 3.05) is 30.9 Å². The molecule has 25 heavy (non-hydrogen) atoms. The molecule has 0 saturated carbocycles. The van der Waals surface area contributed by atoms with Gasteiger partial charge in [0.15, 0.2) is 6.61 Å². The summed E-state index contributed by atoms with van der Waals surface area (Å²) >= 11 is 6.03. The van der Waals surface area contributed by atoms with Crippen molar-refractivity contribution in [3.05, 3.63) is 65.7 Å². The molecule has 0 bridgehead atoms. The number of para-hydroxylation sites is 1. The van der Waals surface area contributed by atoms with Crippen LogP contribution in [-0.2, 0) is 4.79 Å². The monoisotopic (exact) mass is 354 g/mol. The van der Waals surface area contributed by atoms with E-state index in [0.717, 1.165) is 22.1 Å². The van der Waals surface area contributed by atoms with Gasteiger partial charge in [-0.3, -0.25) is 4.79 Å². The van der Waals surface area contributed by atoms with Crippen LogP contribution >= 0.6 is 11.6 Å². The van der Waals surface area contributed by atoms with Gasteiger partial charge in [0.05, 0.1) is 5.02 Å². The molecule has 3 rings (SSSR count). The molecule has 0 fully saturated rings. The lowest BCUT2D eigenvalue weighted by molar-refractivity contribution is -0.118. The number of nitrogens with one attached hydrogen (secondary N) is 1. The molecule has 0 radical (unpaired) electrons. The standard InChI is InChI=1S/C20H19ClN2O2/c1-23(2)18-12-11-17(14-7-3-4-8-15(14)18)22-20(24)13-25-19-10-6-5-9-16(19)21/h3-12H,13H2,1-2H3,(H,22,24). The second-order valence-corrected chi connectivity index (χ2v) is 6.25. The van der Waals surface area contributed by atoms with E-state index in [-0.39, 0.29) is 12.5 Å². The van der Waals surface area contributed by atoms with Crippen LogP contribution in [-0.4, -0.2) is 26.6 Å². The summed E-state index contributed by atoms with van der Waals surface area (Å²) in [5.74, 6) is 0.259. The van der Waals surface area contributed by atoms with E-state index in [0.29, 0.717) is 10.8 Å². The summed E-state index contributed by atoms with van der Waals surface area (Å²) in [5.41, 5.74) is 1.86. The fourth-order valence-corrected chi connectivity index (χ4v) is 2.86. The van der Waals surface area contributed by atoms with E-state index in [1.165, 1.54) is 0 Å². The maximum Gasteiger partial charge on any atom is 0.262 e. The molecule has 0 unspecified atom stereocenters. The number of hydrogen-bond acceptors (Lipinski definition) is 3. The number of benzene rings is 3. The van der Waals surface area contributed by atoms with Gasteiger partial charge in [-0.25, -0.2) is 0 Å². The normalized spacial score (nSPS) is 10.5. The molecule has 4 nitrogen and oxygen atoms in total. The molecular weight excluding hydrogens is 336 g/mol. The van der Waals surface area contributed by atoms with Crippen LogP contribution in [0.4, 0.5) is 11.4 Å². The SMILES string of the molecule is CN(C)c1ccc(NC(=O)COc2ccccc2Cl)c2ccccc12. The molecule has 0 aromatic heterocycles. The zero-order valence-electron chi connectivity index (χ0n) is 14.1. The van der Waals surface area contributed by atoms with Crippen LogP contribution in [0.1, 0.15) is 0 Å². The smallest absolute Gasteiger partial charge is 0.262 e. The van der Waals surface area contributed by atoms with E-state index in [9.17, 15) is 4.79 Å². The van der Waals surface area contributed by atoms with Gasteiger partial charge in [-0.2, -0.15) is 0 Å². The Kier molecular flexibility index (Phi) is 5.10. The van der Waals surface area contributed by atoms with Crippen molar-refractivity contribution in [2.24, 2.45) is 0 Å². The highest BCUT2D eigenvalue weighted by Gasteiger charge is 2.11. The molecule has 0 heterocycles. The highest BCUT2D eigenvalue weighted by molar-refractivity contribution is 6.32. The van der Waals surface area contributed by atoms with Crippen molar-refractivity contribution in [1.82, 2.24) is 0 Å². The second kappa shape index (κ2) is 7.45. The summed E-state index contributed by atoms with van der Waals surface area (Å²) in [7, 11) is 3.99. The average Bonchev–Trinajstić information content (AvgIpc) is 2.61. The second-order valence-electron chi connectivity index (χ2n) is 5.84. The Labute approximate surface area is 152 Å². The Hall–Kier alpha value is -2.72. The van der Waals surface area contributed by atoms with Crippen LogP contribution in [0.15, 0.2) is 60.7 Å². The van der Waals surface area contributed by atoms with Gasteiger partial charge in [-0.05, 0) is 24.3 Å². The maximum atomic E-state index is 12.3. The first-order valence-electron chi connectivity index (χ1n) is 7.92. The first-order chi connectivity index (χ1) is 12.1.